The summed E-state index contributed by atoms with van der Waals surface area (Å²) in [4.78, 5) is 28.2. The maximum absolute atomic E-state index is 13.6. The molecule has 8 heteroatoms. The van der Waals surface area contributed by atoms with E-state index in [2.05, 4.69) is 5.32 Å². The molecule has 35 heavy (non-hydrogen) atoms. The summed E-state index contributed by atoms with van der Waals surface area (Å²) in [6.07, 6.45) is 6.40. The second kappa shape index (κ2) is 12.2. The van der Waals surface area contributed by atoms with E-state index in [-0.39, 0.29) is 18.5 Å². The summed E-state index contributed by atoms with van der Waals surface area (Å²) >= 11 is 0. The first-order chi connectivity index (χ1) is 16.7. The minimum absolute atomic E-state index is 0.139. The molecule has 2 amide bonds. The standard InChI is InChI=1S/C27H37N3O4S/c1-4-23-14-8-11-17-25(23)30(35(3,33)34)20-26(31)29(19-18-22-12-6-5-7-13-22)21(2)27(32)28-24-15-9-10-16-24/h5-8,11-14,17,21,24H,4,9-10,15-16,18-20H2,1-3H3,(H,28,32)/t21-/m0/s1. The third-order valence-electron chi connectivity index (χ3n) is 6.67. The molecule has 1 fully saturated rings. The van der Waals surface area contributed by atoms with Gasteiger partial charge in [-0.2, -0.15) is 0 Å². The fourth-order valence-corrected chi connectivity index (χ4v) is 5.49. The number of aryl methyl sites for hydroxylation is 1. The zero-order chi connectivity index (χ0) is 25.4. The van der Waals surface area contributed by atoms with Crippen LogP contribution in [0.3, 0.4) is 0 Å². The molecule has 0 aliphatic heterocycles. The van der Waals surface area contributed by atoms with Gasteiger partial charge in [-0.3, -0.25) is 13.9 Å². The van der Waals surface area contributed by atoms with Crippen LogP contribution < -0.4 is 9.62 Å². The van der Waals surface area contributed by atoms with Crippen molar-refractivity contribution < 1.29 is 18.0 Å². The highest BCUT2D eigenvalue weighted by molar-refractivity contribution is 7.92. The van der Waals surface area contributed by atoms with Gasteiger partial charge >= 0.3 is 0 Å². The number of carbonyl (C=O) groups excluding carboxylic acids is 2. The lowest BCUT2D eigenvalue weighted by Gasteiger charge is -2.32. The second-order valence-electron chi connectivity index (χ2n) is 9.24. The maximum atomic E-state index is 13.6. The van der Waals surface area contributed by atoms with Crippen LogP contribution in [0.1, 0.15) is 50.7 Å². The molecule has 1 saturated carbocycles. The molecule has 7 nitrogen and oxygen atoms in total. The molecule has 0 unspecified atom stereocenters. The molecule has 1 N–H and O–H groups in total. The van der Waals surface area contributed by atoms with Gasteiger partial charge in [-0.1, -0.05) is 68.3 Å². The van der Waals surface area contributed by atoms with E-state index in [1.807, 2.05) is 49.4 Å². The molecule has 3 rings (SSSR count). The molecule has 190 valence electrons. The summed E-state index contributed by atoms with van der Waals surface area (Å²) in [7, 11) is -3.73. The number of carbonyl (C=O) groups is 2. The smallest absolute Gasteiger partial charge is 0.244 e. The van der Waals surface area contributed by atoms with E-state index in [9.17, 15) is 18.0 Å². The zero-order valence-corrected chi connectivity index (χ0v) is 21.8. The van der Waals surface area contributed by atoms with Crippen molar-refractivity contribution in [2.24, 2.45) is 0 Å². The fraction of sp³-hybridized carbons (Fsp3) is 0.481. The van der Waals surface area contributed by atoms with Crippen LogP contribution in [0, 0.1) is 0 Å². The molecule has 1 atom stereocenters. The summed E-state index contributed by atoms with van der Waals surface area (Å²) in [5.74, 6) is -0.593. The monoisotopic (exact) mass is 499 g/mol. The van der Waals surface area contributed by atoms with Crippen molar-refractivity contribution in [3.05, 3.63) is 65.7 Å². The van der Waals surface area contributed by atoms with Crippen LogP contribution in [0.5, 0.6) is 0 Å². The number of anilines is 1. The van der Waals surface area contributed by atoms with Crippen molar-refractivity contribution in [2.75, 3.05) is 23.7 Å². The summed E-state index contributed by atoms with van der Waals surface area (Å²) in [6.45, 7) is 3.63. The molecule has 0 heterocycles. The molecule has 0 saturated heterocycles. The molecule has 2 aromatic carbocycles. The van der Waals surface area contributed by atoms with Gasteiger partial charge in [0, 0.05) is 12.6 Å². The molecule has 0 aromatic heterocycles. The number of amides is 2. The highest BCUT2D eigenvalue weighted by Gasteiger charge is 2.31. The van der Waals surface area contributed by atoms with Crippen LogP contribution in [-0.2, 0) is 32.5 Å². The van der Waals surface area contributed by atoms with E-state index in [1.54, 1.807) is 19.1 Å². The lowest BCUT2D eigenvalue weighted by molar-refractivity contribution is -0.139. The lowest BCUT2D eigenvalue weighted by atomic mass is 10.1. The van der Waals surface area contributed by atoms with E-state index in [1.165, 1.54) is 4.90 Å². The Kier molecular flexibility index (Phi) is 9.32. The first-order valence-corrected chi connectivity index (χ1v) is 14.2. The largest absolute Gasteiger partial charge is 0.352 e. The zero-order valence-electron chi connectivity index (χ0n) is 20.9. The normalized spacial score (nSPS) is 14.9. The van der Waals surface area contributed by atoms with Crippen molar-refractivity contribution in [1.29, 1.82) is 0 Å². The van der Waals surface area contributed by atoms with Gasteiger partial charge in [0.05, 0.1) is 11.9 Å². The number of hydrogen-bond acceptors (Lipinski definition) is 4. The Morgan fingerprint density at radius 2 is 1.66 bits per heavy atom. The number of nitrogens with one attached hydrogen (secondary N) is 1. The molecular formula is C27H37N3O4S. The Morgan fingerprint density at radius 1 is 1.03 bits per heavy atom. The highest BCUT2D eigenvalue weighted by atomic mass is 32.2. The van der Waals surface area contributed by atoms with Crippen LogP contribution in [0.4, 0.5) is 5.69 Å². The summed E-state index contributed by atoms with van der Waals surface area (Å²) < 4.78 is 26.7. The van der Waals surface area contributed by atoms with Gasteiger partial charge < -0.3 is 10.2 Å². The van der Waals surface area contributed by atoms with Crippen molar-refractivity contribution in [1.82, 2.24) is 10.2 Å². The highest BCUT2D eigenvalue weighted by Crippen LogP contribution is 2.24. The number of para-hydroxylation sites is 1. The van der Waals surface area contributed by atoms with Crippen LogP contribution >= 0.6 is 0 Å². The van der Waals surface area contributed by atoms with Crippen molar-refractivity contribution in [2.45, 2.75) is 64.5 Å². The summed E-state index contributed by atoms with van der Waals surface area (Å²) in [6, 6.07) is 16.4. The first-order valence-electron chi connectivity index (χ1n) is 12.4. The predicted octanol–water partition coefficient (Wildman–Crippen LogP) is 3.53. The van der Waals surface area contributed by atoms with E-state index in [0.29, 0.717) is 25.1 Å². The minimum atomic E-state index is -3.73. The molecule has 1 aliphatic rings. The Labute approximate surface area is 209 Å². The van der Waals surface area contributed by atoms with E-state index in [4.69, 9.17) is 0 Å². The molecule has 1 aliphatic carbocycles. The van der Waals surface area contributed by atoms with Gasteiger partial charge in [-0.25, -0.2) is 8.42 Å². The number of benzene rings is 2. The summed E-state index contributed by atoms with van der Waals surface area (Å²) in [5, 5.41) is 3.08. The van der Waals surface area contributed by atoms with Crippen LogP contribution in [0.25, 0.3) is 0 Å². The van der Waals surface area contributed by atoms with E-state index in [0.717, 1.165) is 47.4 Å². The van der Waals surface area contributed by atoms with Gasteiger partial charge in [-0.15, -0.1) is 0 Å². The summed E-state index contributed by atoms with van der Waals surface area (Å²) in [5.41, 5.74) is 2.38. The van der Waals surface area contributed by atoms with E-state index >= 15 is 0 Å². The Morgan fingerprint density at radius 3 is 2.29 bits per heavy atom. The van der Waals surface area contributed by atoms with Crippen molar-refractivity contribution in [3.63, 3.8) is 0 Å². The molecule has 0 bridgehead atoms. The average Bonchev–Trinajstić information content (AvgIpc) is 3.35. The number of sulfonamides is 1. The van der Waals surface area contributed by atoms with Crippen LogP contribution in [-0.4, -0.2) is 56.6 Å². The number of nitrogens with zero attached hydrogens (tertiary/aromatic N) is 2. The molecular weight excluding hydrogens is 462 g/mol. The Balaban J connectivity index is 1.84. The quantitative estimate of drug-likeness (QED) is 0.512. The van der Waals surface area contributed by atoms with Crippen molar-refractivity contribution >= 4 is 27.5 Å². The predicted molar refractivity (Wildman–Crippen MR) is 140 cm³/mol. The number of hydrogen-bond donors (Lipinski definition) is 1. The van der Waals surface area contributed by atoms with E-state index < -0.39 is 22.0 Å². The molecule has 2 aromatic rings. The molecule has 0 spiro atoms. The first kappa shape index (κ1) is 26.7. The fourth-order valence-electron chi connectivity index (χ4n) is 4.61. The Bertz CT molecular complexity index is 1100. The van der Waals surface area contributed by atoms with Crippen LogP contribution in [0.15, 0.2) is 54.6 Å². The van der Waals surface area contributed by atoms with Gasteiger partial charge in [0.2, 0.25) is 21.8 Å². The Hall–Kier alpha value is -2.87. The van der Waals surface area contributed by atoms with Gasteiger partial charge in [0.15, 0.2) is 0 Å². The van der Waals surface area contributed by atoms with Crippen molar-refractivity contribution in [3.8, 4) is 0 Å². The van der Waals surface area contributed by atoms with Crippen LogP contribution in [0.2, 0.25) is 0 Å². The maximum Gasteiger partial charge on any atom is 0.244 e. The second-order valence-corrected chi connectivity index (χ2v) is 11.1. The number of rotatable bonds is 11. The van der Waals surface area contributed by atoms with Gasteiger partial charge in [0.1, 0.15) is 12.6 Å². The lowest BCUT2D eigenvalue weighted by Crippen LogP contribution is -2.53. The molecule has 0 radical (unpaired) electrons. The van der Waals surface area contributed by atoms with Gasteiger partial charge in [0.25, 0.3) is 0 Å². The minimum Gasteiger partial charge on any atom is -0.352 e. The third-order valence-corrected chi connectivity index (χ3v) is 7.80. The van der Waals surface area contributed by atoms with Gasteiger partial charge in [-0.05, 0) is 49.8 Å². The average molecular weight is 500 g/mol. The SMILES string of the molecule is CCc1ccccc1N(CC(=O)N(CCc1ccccc1)[C@@H](C)C(=O)NC1CCCC1)S(C)(=O)=O. The third kappa shape index (κ3) is 7.31. The topological polar surface area (TPSA) is 86.8 Å².